The highest BCUT2D eigenvalue weighted by atomic mass is 16.4. The number of carbonyl (C=O) groups is 1. The summed E-state index contributed by atoms with van der Waals surface area (Å²) in [7, 11) is 0. The van der Waals surface area contributed by atoms with Crippen LogP contribution in [0.1, 0.15) is 35.8 Å². The molecule has 15 heavy (non-hydrogen) atoms. The zero-order chi connectivity index (χ0) is 11.0. The normalized spacial score (nSPS) is 11.1. The van der Waals surface area contributed by atoms with Gasteiger partial charge in [0.25, 0.3) is 0 Å². The van der Waals surface area contributed by atoms with Crippen molar-refractivity contribution < 1.29 is 9.90 Å². The van der Waals surface area contributed by atoms with Crippen LogP contribution in [0.4, 0.5) is 0 Å². The van der Waals surface area contributed by atoms with Crippen molar-refractivity contribution in [2.75, 3.05) is 0 Å². The van der Waals surface area contributed by atoms with Gasteiger partial charge in [-0.05, 0) is 12.0 Å². The van der Waals surface area contributed by atoms with Gasteiger partial charge in [0.15, 0.2) is 11.3 Å². The summed E-state index contributed by atoms with van der Waals surface area (Å²) in [5.41, 5.74) is 1.39. The molecule has 0 saturated carbocycles. The maximum absolute atomic E-state index is 11.0. The summed E-state index contributed by atoms with van der Waals surface area (Å²) in [6, 6.07) is 1.72. The van der Waals surface area contributed by atoms with Crippen LogP contribution in [0.25, 0.3) is 5.65 Å². The van der Waals surface area contributed by atoms with Crippen molar-refractivity contribution in [1.29, 1.82) is 0 Å². The molecule has 0 radical (unpaired) electrons. The molecule has 2 rings (SSSR count). The van der Waals surface area contributed by atoms with Gasteiger partial charge >= 0.3 is 5.97 Å². The van der Waals surface area contributed by atoms with Gasteiger partial charge in [0.05, 0.1) is 0 Å². The molecule has 0 atom stereocenters. The van der Waals surface area contributed by atoms with Crippen molar-refractivity contribution in [2.24, 2.45) is 0 Å². The van der Waals surface area contributed by atoms with E-state index < -0.39 is 5.97 Å². The number of carboxylic acid groups (broad SMARTS) is 1. The predicted molar refractivity (Wildman–Crippen MR) is 54.0 cm³/mol. The van der Waals surface area contributed by atoms with Gasteiger partial charge in [-0.15, -0.1) is 0 Å². The first kappa shape index (κ1) is 9.64. The van der Waals surface area contributed by atoms with E-state index in [-0.39, 0.29) is 11.6 Å². The minimum absolute atomic E-state index is 0.0866. The third kappa shape index (κ3) is 1.45. The number of rotatable bonds is 2. The minimum atomic E-state index is -1.01. The summed E-state index contributed by atoms with van der Waals surface area (Å²) < 4.78 is 1.50. The highest BCUT2D eigenvalue weighted by Crippen LogP contribution is 2.22. The van der Waals surface area contributed by atoms with E-state index in [0.717, 1.165) is 0 Å². The molecule has 78 valence electrons. The molecular formula is C10H11N3O2. The predicted octanol–water partition coefficient (Wildman–Crippen LogP) is 1.55. The Morgan fingerprint density at radius 2 is 2.27 bits per heavy atom. The summed E-state index contributed by atoms with van der Waals surface area (Å²) >= 11 is 0. The highest BCUT2D eigenvalue weighted by Gasteiger charge is 2.21. The molecule has 0 spiro atoms. The molecule has 0 bridgehead atoms. The lowest BCUT2D eigenvalue weighted by molar-refractivity contribution is 0.0688. The van der Waals surface area contributed by atoms with E-state index >= 15 is 0 Å². The Morgan fingerprint density at radius 1 is 1.53 bits per heavy atom. The molecule has 0 saturated heterocycles. The van der Waals surface area contributed by atoms with Crippen LogP contribution in [-0.2, 0) is 0 Å². The van der Waals surface area contributed by atoms with E-state index in [1.807, 2.05) is 13.8 Å². The molecule has 0 unspecified atom stereocenters. The average Bonchev–Trinajstić information content (AvgIpc) is 2.56. The van der Waals surface area contributed by atoms with Crippen LogP contribution < -0.4 is 0 Å². The number of nitrogens with zero attached hydrogens (tertiary/aromatic N) is 3. The van der Waals surface area contributed by atoms with Crippen molar-refractivity contribution in [3.05, 3.63) is 29.7 Å². The fraction of sp³-hybridized carbons (Fsp3) is 0.300. The molecule has 0 aromatic carbocycles. The quantitative estimate of drug-likeness (QED) is 0.807. The molecule has 5 nitrogen and oxygen atoms in total. The highest BCUT2D eigenvalue weighted by molar-refractivity contribution is 5.89. The second-order valence-electron chi connectivity index (χ2n) is 3.61. The van der Waals surface area contributed by atoms with Gasteiger partial charge in [0.1, 0.15) is 0 Å². The molecular weight excluding hydrogens is 194 g/mol. The molecule has 0 aliphatic carbocycles. The Balaban J connectivity index is 2.80. The zero-order valence-electron chi connectivity index (χ0n) is 8.51. The molecule has 2 heterocycles. The van der Waals surface area contributed by atoms with Crippen molar-refractivity contribution in [2.45, 2.75) is 19.8 Å². The number of fused-ring (bicyclic) bond motifs is 1. The molecule has 0 amide bonds. The Morgan fingerprint density at radius 3 is 2.87 bits per heavy atom. The fourth-order valence-electron chi connectivity index (χ4n) is 1.59. The standard InChI is InChI=1S/C10H11N3O2/c1-6(2)7-8(10(14)15)12-13-5-3-4-11-9(7)13/h3-6H,1-2H3,(H,14,15). The van der Waals surface area contributed by atoms with Crippen LogP contribution in [0.3, 0.4) is 0 Å². The first-order chi connectivity index (χ1) is 7.11. The van der Waals surface area contributed by atoms with E-state index in [9.17, 15) is 4.79 Å². The van der Waals surface area contributed by atoms with E-state index in [4.69, 9.17) is 5.11 Å². The van der Waals surface area contributed by atoms with Gasteiger partial charge in [0.2, 0.25) is 0 Å². The monoisotopic (exact) mass is 205 g/mol. The summed E-state index contributed by atoms with van der Waals surface area (Å²) in [5, 5.41) is 13.0. The van der Waals surface area contributed by atoms with E-state index in [1.165, 1.54) is 4.52 Å². The van der Waals surface area contributed by atoms with Gasteiger partial charge in [-0.1, -0.05) is 13.8 Å². The van der Waals surface area contributed by atoms with Crippen molar-refractivity contribution in [3.8, 4) is 0 Å². The Kier molecular flexibility index (Phi) is 2.15. The lowest BCUT2D eigenvalue weighted by Crippen LogP contribution is -2.02. The Hall–Kier alpha value is -1.91. The largest absolute Gasteiger partial charge is 0.476 e. The Labute approximate surface area is 86.4 Å². The number of aromatic nitrogens is 3. The van der Waals surface area contributed by atoms with Crippen LogP contribution in [0.2, 0.25) is 0 Å². The van der Waals surface area contributed by atoms with E-state index in [1.54, 1.807) is 18.5 Å². The van der Waals surface area contributed by atoms with Gasteiger partial charge in [-0.25, -0.2) is 14.3 Å². The third-order valence-corrected chi connectivity index (χ3v) is 2.21. The lowest BCUT2D eigenvalue weighted by Gasteiger charge is -2.02. The molecule has 1 N–H and O–H groups in total. The van der Waals surface area contributed by atoms with Crippen LogP contribution >= 0.6 is 0 Å². The topological polar surface area (TPSA) is 67.5 Å². The molecule has 0 aliphatic heterocycles. The second kappa shape index (κ2) is 3.34. The van der Waals surface area contributed by atoms with Crippen molar-refractivity contribution >= 4 is 11.6 Å². The van der Waals surface area contributed by atoms with Crippen LogP contribution in [0, 0.1) is 0 Å². The van der Waals surface area contributed by atoms with Crippen LogP contribution in [0.15, 0.2) is 18.5 Å². The molecule has 0 aliphatic rings. The van der Waals surface area contributed by atoms with E-state index in [0.29, 0.717) is 11.2 Å². The van der Waals surface area contributed by atoms with Gasteiger partial charge < -0.3 is 5.11 Å². The average molecular weight is 205 g/mol. The molecule has 2 aromatic heterocycles. The fourth-order valence-corrected chi connectivity index (χ4v) is 1.59. The van der Waals surface area contributed by atoms with Gasteiger partial charge in [0, 0.05) is 18.0 Å². The molecule has 2 aromatic rings. The van der Waals surface area contributed by atoms with Crippen LogP contribution in [-0.4, -0.2) is 25.7 Å². The van der Waals surface area contributed by atoms with Crippen molar-refractivity contribution in [3.63, 3.8) is 0 Å². The Bertz CT molecular complexity index is 516. The summed E-state index contributed by atoms with van der Waals surface area (Å²) in [4.78, 5) is 15.1. The summed E-state index contributed by atoms with van der Waals surface area (Å²) in [5.74, 6) is -0.923. The number of aromatic carboxylic acids is 1. The smallest absolute Gasteiger partial charge is 0.356 e. The maximum Gasteiger partial charge on any atom is 0.356 e. The van der Waals surface area contributed by atoms with Crippen molar-refractivity contribution in [1.82, 2.24) is 14.6 Å². The minimum Gasteiger partial charge on any atom is -0.476 e. The second-order valence-corrected chi connectivity index (χ2v) is 3.61. The first-order valence-corrected chi connectivity index (χ1v) is 4.67. The molecule has 5 heteroatoms. The molecule has 0 fully saturated rings. The van der Waals surface area contributed by atoms with Crippen LogP contribution in [0.5, 0.6) is 0 Å². The lowest BCUT2D eigenvalue weighted by atomic mass is 10.0. The summed E-state index contributed by atoms with van der Waals surface area (Å²) in [6.07, 6.45) is 3.33. The third-order valence-electron chi connectivity index (χ3n) is 2.21. The SMILES string of the molecule is CC(C)c1c(C(=O)O)nn2cccnc12. The maximum atomic E-state index is 11.0. The number of hydrogen-bond donors (Lipinski definition) is 1. The zero-order valence-corrected chi connectivity index (χ0v) is 8.51. The van der Waals surface area contributed by atoms with Gasteiger partial charge in [-0.3, -0.25) is 0 Å². The van der Waals surface area contributed by atoms with Gasteiger partial charge in [-0.2, -0.15) is 5.10 Å². The summed E-state index contributed by atoms with van der Waals surface area (Å²) in [6.45, 7) is 3.86. The first-order valence-electron chi connectivity index (χ1n) is 4.67. The van der Waals surface area contributed by atoms with E-state index in [2.05, 4.69) is 10.1 Å². The number of carboxylic acids is 1. The number of hydrogen-bond acceptors (Lipinski definition) is 3.